The molecule has 2 aromatic carbocycles. The maximum atomic E-state index is 13.1. The molecule has 1 amide bonds. The van der Waals surface area contributed by atoms with E-state index in [0.29, 0.717) is 12.1 Å². The van der Waals surface area contributed by atoms with E-state index in [-0.39, 0.29) is 5.91 Å². The Hall–Kier alpha value is -2.34. The fourth-order valence-electron chi connectivity index (χ4n) is 3.21. The lowest BCUT2D eigenvalue weighted by atomic mass is 10.1. The van der Waals surface area contributed by atoms with Gasteiger partial charge in [-0.1, -0.05) is 37.3 Å². The number of hydrogen-bond donors (Lipinski definition) is 1. The number of aryl methyl sites for hydroxylation is 4. The molecule has 0 saturated carbocycles. The molecular weight excluding hydrogens is 360 g/mol. The number of para-hydroxylation sites is 1. The number of sulfonamides is 1. The van der Waals surface area contributed by atoms with Crippen LogP contribution >= 0.6 is 0 Å². The quantitative estimate of drug-likeness (QED) is 0.810. The summed E-state index contributed by atoms with van der Waals surface area (Å²) >= 11 is 0. The summed E-state index contributed by atoms with van der Waals surface area (Å²) < 4.78 is 26.5. The molecule has 1 N–H and O–H groups in total. The number of nitrogens with zero attached hydrogens (tertiary/aromatic N) is 1. The van der Waals surface area contributed by atoms with Gasteiger partial charge in [-0.05, 0) is 62.4 Å². The molecule has 0 heterocycles. The zero-order valence-electron chi connectivity index (χ0n) is 16.8. The van der Waals surface area contributed by atoms with E-state index in [4.69, 9.17) is 0 Å². The molecule has 0 aliphatic carbocycles. The van der Waals surface area contributed by atoms with Crippen molar-refractivity contribution in [2.24, 2.45) is 0 Å². The molecule has 0 radical (unpaired) electrons. The topological polar surface area (TPSA) is 66.5 Å². The zero-order chi connectivity index (χ0) is 20.4. The van der Waals surface area contributed by atoms with Crippen LogP contribution in [-0.2, 0) is 14.8 Å². The van der Waals surface area contributed by atoms with E-state index >= 15 is 0 Å². The number of anilines is 2. The summed E-state index contributed by atoms with van der Waals surface area (Å²) in [5.41, 5.74) is 4.90. The molecule has 0 saturated heterocycles. The molecule has 2 aromatic rings. The van der Waals surface area contributed by atoms with Gasteiger partial charge in [-0.3, -0.25) is 9.10 Å². The first-order valence-corrected chi connectivity index (χ1v) is 10.8. The predicted molar refractivity (Wildman–Crippen MR) is 112 cm³/mol. The minimum atomic E-state index is -3.65. The largest absolute Gasteiger partial charge is 0.324 e. The van der Waals surface area contributed by atoms with E-state index < -0.39 is 16.1 Å². The number of benzene rings is 2. The first-order valence-electron chi connectivity index (χ1n) is 9.00. The fourth-order valence-corrected chi connectivity index (χ4v) is 4.47. The van der Waals surface area contributed by atoms with Crippen LogP contribution in [0.4, 0.5) is 11.4 Å². The monoisotopic (exact) mass is 388 g/mol. The van der Waals surface area contributed by atoms with Crippen LogP contribution < -0.4 is 9.62 Å². The van der Waals surface area contributed by atoms with Crippen LogP contribution in [-0.4, -0.2) is 26.6 Å². The van der Waals surface area contributed by atoms with Gasteiger partial charge in [-0.2, -0.15) is 0 Å². The highest BCUT2D eigenvalue weighted by Gasteiger charge is 2.32. The molecule has 0 aromatic heterocycles. The first-order chi connectivity index (χ1) is 12.6. The van der Waals surface area contributed by atoms with Crippen LogP contribution in [0.3, 0.4) is 0 Å². The average Bonchev–Trinajstić information content (AvgIpc) is 2.57. The Labute approximate surface area is 162 Å². The normalized spacial score (nSPS) is 12.5. The molecule has 1 unspecified atom stereocenters. The van der Waals surface area contributed by atoms with Crippen molar-refractivity contribution in [3.8, 4) is 0 Å². The Morgan fingerprint density at radius 2 is 1.63 bits per heavy atom. The van der Waals surface area contributed by atoms with E-state index in [1.165, 1.54) is 4.31 Å². The lowest BCUT2D eigenvalue weighted by molar-refractivity contribution is -0.117. The van der Waals surface area contributed by atoms with E-state index in [9.17, 15) is 13.2 Å². The van der Waals surface area contributed by atoms with Crippen LogP contribution in [0.2, 0.25) is 0 Å². The summed E-state index contributed by atoms with van der Waals surface area (Å²) in [7, 11) is -3.65. The van der Waals surface area contributed by atoms with Crippen molar-refractivity contribution < 1.29 is 13.2 Å². The van der Waals surface area contributed by atoms with Gasteiger partial charge in [0.15, 0.2) is 0 Å². The van der Waals surface area contributed by atoms with E-state index in [2.05, 4.69) is 5.32 Å². The summed E-state index contributed by atoms with van der Waals surface area (Å²) in [6.07, 6.45) is 1.50. The third-order valence-corrected chi connectivity index (χ3v) is 5.83. The lowest BCUT2D eigenvalue weighted by Gasteiger charge is -2.31. The van der Waals surface area contributed by atoms with Crippen LogP contribution in [0.15, 0.2) is 36.4 Å². The van der Waals surface area contributed by atoms with Crippen LogP contribution in [0.1, 0.15) is 35.6 Å². The minimum absolute atomic E-state index is 0.332. The Morgan fingerprint density at radius 1 is 1.04 bits per heavy atom. The lowest BCUT2D eigenvalue weighted by Crippen LogP contribution is -2.47. The zero-order valence-corrected chi connectivity index (χ0v) is 17.6. The molecule has 6 heteroatoms. The van der Waals surface area contributed by atoms with Crippen molar-refractivity contribution >= 4 is 27.3 Å². The van der Waals surface area contributed by atoms with Gasteiger partial charge in [0.05, 0.1) is 11.9 Å². The van der Waals surface area contributed by atoms with Gasteiger partial charge in [0, 0.05) is 5.69 Å². The molecule has 0 aliphatic rings. The third-order valence-electron chi connectivity index (χ3n) is 4.66. The van der Waals surface area contributed by atoms with Crippen molar-refractivity contribution in [3.63, 3.8) is 0 Å². The molecule has 0 aliphatic heterocycles. The third kappa shape index (κ3) is 4.69. The smallest absolute Gasteiger partial charge is 0.248 e. The van der Waals surface area contributed by atoms with Crippen molar-refractivity contribution in [3.05, 3.63) is 58.7 Å². The van der Waals surface area contributed by atoms with Gasteiger partial charge >= 0.3 is 0 Å². The van der Waals surface area contributed by atoms with Gasteiger partial charge < -0.3 is 5.32 Å². The van der Waals surface area contributed by atoms with Crippen LogP contribution in [0.25, 0.3) is 0 Å². The van der Waals surface area contributed by atoms with Crippen molar-refractivity contribution in [2.75, 3.05) is 15.9 Å². The summed E-state index contributed by atoms with van der Waals surface area (Å²) in [4.78, 5) is 13.1. The number of hydrogen-bond acceptors (Lipinski definition) is 3. The Morgan fingerprint density at radius 3 is 2.15 bits per heavy atom. The van der Waals surface area contributed by atoms with Crippen molar-refractivity contribution in [1.82, 2.24) is 0 Å². The number of nitrogens with one attached hydrogen (secondary N) is 1. The highest BCUT2D eigenvalue weighted by atomic mass is 32.2. The summed E-state index contributed by atoms with van der Waals surface area (Å²) in [5, 5.41) is 2.94. The molecule has 0 bridgehead atoms. The summed E-state index contributed by atoms with van der Waals surface area (Å²) in [6, 6.07) is 10.5. The Bertz CT molecular complexity index is 932. The average molecular weight is 389 g/mol. The predicted octanol–water partition coefficient (Wildman–Crippen LogP) is 4.10. The van der Waals surface area contributed by atoms with Crippen LogP contribution in [0, 0.1) is 27.7 Å². The molecule has 2 rings (SSSR count). The van der Waals surface area contributed by atoms with Gasteiger partial charge in [-0.15, -0.1) is 0 Å². The van der Waals surface area contributed by atoms with E-state index in [1.54, 1.807) is 0 Å². The fraction of sp³-hybridized carbons (Fsp3) is 0.381. The number of carbonyl (C=O) groups is 1. The van der Waals surface area contributed by atoms with Crippen LogP contribution in [0.5, 0.6) is 0 Å². The van der Waals surface area contributed by atoms with Crippen molar-refractivity contribution in [1.29, 1.82) is 0 Å². The second-order valence-electron chi connectivity index (χ2n) is 7.03. The second-order valence-corrected chi connectivity index (χ2v) is 8.89. The molecule has 146 valence electrons. The summed E-state index contributed by atoms with van der Waals surface area (Å²) in [5.74, 6) is -0.332. The molecular formula is C21H28N2O3S. The standard InChI is InChI=1S/C21H28N2O3S/c1-7-18(21(24)22-20-16(4)9-8-10-17(20)5)23(27(6,25)26)19-13-14(2)11-12-15(19)3/h8-13,18H,7H2,1-6H3,(H,22,24). The molecule has 0 spiro atoms. The van der Waals surface area contributed by atoms with Gasteiger partial charge in [-0.25, -0.2) is 8.42 Å². The number of rotatable bonds is 6. The molecule has 0 fully saturated rings. The molecule has 5 nitrogen and oxygen atoms in total. The Kier molecular flexibility index (Phi) is 6.31. The Balaban J connectivity index is 2.50. The maximum Gasteiger partial charge on any atom is 0.248 e. The number of carbonyl (C=O) groups excluding carboxylic acids is 1. The molecule has 27 heavy (non-hydrogen) atoms. The van der Waals surface area contributed by atoms with E-state index in [1.807, 2.05) is 71.0 Å². The number of amides is 1. The summed E-state index contributed by atoms with van der Waals surface area (Å²) in [6.45, 7) is 9.41. The highest BCUT2D eigenvalue weighted by Crippen LogP contribution is 2.28. The van der Waals surface area contributed by atoms with Gasteiger partial charge in [0.1, 0.15) is 6.04 Å². The maximum absolute atomic E-state index is 13.1. The highest BCUT2D eigenvalue weighted by molar-refractivity contribution is 7.92. The molecule has 1 atom stereocenters. The minimum Gasteiger partial charge on any atom is -0.324 e. The first kappa shape index (κ1) is 21.0. The van der Waals surface area contributed by atoms with Crippen molar-refractivity contribution in [2.45, 2.75) is 47.1 Å². The van der Waals surface area contributed by atoms with E-state index in [0.717, 1.165) is 34.2 Å². The SMILES string of the molecule is CCC(C(=O)Nc1c(C)cccc1C)N(c1cc(C)ccc1C)S(C)(=O)=O. The second kappa shape index (κ2) is 8.13. The van der Waals surface area contributed by atoms with Gasteiger partial charge in [0.2, 0.25) is 15.9 Å². The van der Waals surface area contributed by atoms with Gasteiger partial charge in [0.25, 0.3) is 0 Å².